The average molecular weight is 657 g/mol. The van der Waals surface area contributed by atoms with Gasteiger partial charge in [-0.25, -0.2) is 9.98 Å². The predicted octanol–water partition coefficient (Wildman–Crippen LogP) is 8.85. The van der Waals surface area contributed by atoms with E-state index in [1.165, 1.54) is 60.8 Å². The van der Waals surface area contributed by atoms with Gasteiger partial charge in [-0.15, -0.1) is 0 Å². The lowest BCUT2D eigenvalue weighted by Crippen LogP contribution is -2.42. The molecular weight excluding hydrogens is 616 g/mol. The van der Waals surface area contributed by atoms with Crippen LogP contribution in [0.15, 0.2) is 58.5 Å². The summed E-state index contributed by atoms with van der Waals surface area (Å²) in [6.45, 7) is 0. The van der Waals surface area contributed by atoms with Crippen molar-refractivity contribution in [2.75, 3.05) is 10.7 Å². The summed E-state index contributed by atoms with van der Waals surface area (Å²) in [6.07, 6.45) is 13.7. The monoisotopic (exact) mass is 654 g/mol. The molecule has 4 atom stereocenters. The fourth-order valence-corrected chi connectivity index (χ4v) is 7.85. The molecule has 0 unspecified atom stereocenters. The van der Waals surface area contributed by atoms with Gasteiger partial charge in [0.25, 0.3) is 0 Å². The molecule has 0 aromatic heterocycles. The van der Waals surface area contributed by atoms with Gasteiger partial charge < -0.3 is 9.47 Å². The van der Waals surface area contributed by atoms with Crippen molar-refractivity contribution in [3.05, 3.63) is 70.8 Å². The summed E-state index contributed by atoms with van der Waals surface area (Å²) in [4.78, 5) is 10.8. The lowest BCUT2D eigenvalue weighted by atomic mass is 9.76. The first-order chi connectivity index (χ1) is 19.2. The molecule has 0 radical (unpaired) electrons. The summed E-state index contributed by atoms with van der Waals surface area (Å²) in [6, 6.07) is 17.7. The molecule has 6 rings (SSSR count). The summed E-state index contributed by atoms with van der Waals surface area (Å²) in [5.74, 6) is 1.81. The van der Waals surface area contributed by atoms with Crippen LogP contribution in [-0.4, -0.2) is 34.7 Å². The first-order valence-corrected chi connectivity index (χ1v) is 17.3. The van der Waals surface area contributed by atoms with Gasteiger partial charge in [0, 0.05) is 23.5 Å². The van der Waals surface area contributed by atoms with Gasteiger partial charge in [0.05, 0.1) is 0 Å². The van der Waals surface area contributed by atoms with Gasteiger partial charge in [-0.05, 0) is 47.9 Å². The molecule has 0 bridgehead atoms. The molecule has 0 amide bonds. The van der Waals surface area contributed by atoms with E-state index in [1.54, 1.807) is 0 Å². The molecule has 39 heavy (non-hydrogen) atoms. The van der Waals surface area contributed by atoms with Crippen molar-refractivity contribution in [3.63, 3.8) is 0 Å². The van der Waals surface area contributed by atoms with E-state index in [0.717, 1.165) is 61.0 Å². The molecule has 2 aliphatic carbocycles. The first kappa shape index (κ1) is 27.5. The van der Waals surface area contributed by atoms with Crippen LogP contribution in [-0.2, 0) is 22.3 Å². The highest BCUT2D eigenvalue weighted by Gasteiger charge is 2.54. The van der Waals surface area contributed by atoms with Crippen molar-refractivity contribution in [3.8, 4) is 0 Å². The Kier molecular flexibility index (Phi) is 8.79. The molecular formula is C33H40Br2N2O2. The van der Waals surface area contributed by atoms with E-state index in [9.17, 15) is 0 Å². The number of ether oxygens (including phenoxy) is 2. The van der Waals surface area contributed by atoms with Crippen molar-refractivity contribution < 1.29 is 9.47 Å². The third-order valence-electron chi connectivity index (χ3n) is 9.13. The number of alkyl halides is 2. The number of nitrogens with zero attached hydrogens (tertiary/aromatic N) is 2. The smallest absolute Gasteiger partial charge is 0.200 e. The van der Waals surface area contributed by atoms with E-state index in [-0.39, 0.29) is 29.7 Å². The SMILES string of the molecule is BrCCCCCCC(CCCCCCBr)(C1=N[C@@H]2c3ccccc3C[C@@H]2O1)C1=N[C@@H]2c3ccccc3C[C@@H]2O1. The van der Waals surface area contributed by atoms with Crippen LogP contribution in [0.1, 0.15) is 98.5 Å². The van der Waals surface area contributed by atoms with Crippen molar-refractivity contribution >= 4 is 43.7 Å². The maximum Gasteiger partial charge on any atom is 0.200 e. The number of benzene rings is 2. The number of halogens is 2. The first-order valence-electron chi connectivity index (χ1n) is 15.0. The Morgan fingerprint density at radius 3 is 1.51 bits per heavy atom. The number of aliphatic imine (C=N–C) groups is 2. The van der Waals surface area contributed by atoms with Gasteiger partial charge in [-0.1, -0.05) is 119 Å². The van der Waals surface area contributed by atoms with E-state index in [2.05, 4.69) is 80.4 Å². The van der Waals surface area contributed by atoms with Crippen LogP contribution in [0.4, 0.5) is 0 Å². The standard InChI is InChI=1S/C33H40Br2N2O2/c34-19-11-3-1-9-17-33(18-10-2-4-12-20-35,31-36-29-25-15-7-5-13-23(25)21-27(29)38-31)32-37-30-26-16-8-6-14-24(26)22-28(30)39-32/h5-8,13-16,27-30H,1-4,9-12,17-22H2/t27-,28-,29+,30+/m0/s1. The Bertz CT molecular complexity index is 1120. The lowest BCUT2D eigenvalue weighted by molar-refractivity contribution is 0.155. The zero-order valence-corrected chi connectivity index (χ0v) is 26.0. The molecule has 2 aliphatic heterocycles. The summed E-state index contributed by atoms with van der Waals surface area (Å²) in [5.41, 5.74) is 5.06. The fourth-order valence-electron chi connectivity index (χ4n) is 7.06. The Morgan fingerprint density at radius 2 is 1.05 bits per heavy atom. The quantitative estimate of drug-likeness (QED) is 0.151. The highest BCUT2D eigenvalue weighted by molar-refractivity contribution is 9.09. The summed E-state index contributed by atoms with van der Waals surface area (Å²) < 4.78 is 13.7. The molecule has 0 spiro atoms. The molecule has 2 aromatic rings. The average Bonchev–Trinajstić information content (AvgIpc) is 3.71. The van der Waals surface area contributed by atoms with Gasteiger partial charge in [-0.3, -0.25) is 0 Å². The minimum atomic E-state index is -0.374. The number of hydrogen-bond donors (Lipinski definition) is 0. The van der Waals surface area contributed by atoms with Gasteiger partial charge in [0.1, 0.15) is 29.7 Å². The molecule has 0 saturated carbocycles. The zero-order chi connectivity index (χ0) is 26.7. The van der Waals surface area contributed by atoms with E-state index in [1.807, 2.05) is 0 Å². The van der Waals surface area contributed by atoms with Crippen LogP contribution in [0.25, 0.3) is 0 Å². The third-order valence-corrected chi connectivity index (χ3v) is 10.2. The normalized spacial score (nSPS) is 24.4. The molecule has 4 aliphatic rings. The van der Waals surface area contributed by atoms with Crippen LogP contribution >= 0.6 is 31.9 Å². The van der Waals surface area contributed by atoms with Crippen molar-refractivity contribution in [1.29, 1.82) is 0 Å². The minimum absolute atomic E-state index is 0.0969. The number of rotatable bonds is 14. The number of fused-ring (bicyclic) bond motifs is 6. The van der Waals surface area contributed by atoms with Crippen molar-refractivity contribution in [1.82, 2.24) is 0 Å². The maximum absolute atomic E-state index is 6.87. The minimum Gasteiger partial charge on any atom is -0.474 e. The van der Waals surface area contributed by atoms with E-state index < -0.39 is 0 Å². The zero-order valence-electron chi connectivity index (χ0n) is 22.8. The largest absolute Gasteiger partial charge is 0.474 e. The van der Waals surface area contributed by atoms with Gasteiger partial charge >= 0.3 is 0 Å². The van der Waals surface area contributed by atoms with Crippen LogP contribution < -0.4 is 0 Å². The van der Waals surface area contributed by atoms with Crippen LogP contribution in [0, 0.1) is 5.41 Å². The van der Waals surface area contributed by atoms with Crippen molar-refractivity contribution in [2.24, 2.45) is 15.4 Å². The van der Waals surface area contributed by atoms with Crippen LogP contribution in [0.3, 0.4) is 0 Å². The molecule has 0 saturated heterocycles. The van der Waals surface area contributed by atoms with Gasteiger partial charge in [0.2, 0.25) is 0 Å². The molecule has 4 nitrogen and oxygen atoms in total. The van der Waals surface area contributed by atoms with Crippen molar-refractivity contribution in [2.45, 2.75) is 101 Å². The highest BCUT2D eigenvalue weighted by Crippen LogP contribution is 2.50. The third kappa shape index (κ3) is 5.49. The highest BCUT2D eigenvalue weighted by atomic mass is 79.9. The van der Waals surface area contributed by atoms with E-state index >= 15 is 0 Å². The molecule has 2 heterocycles. The lowest BCUT2D eigenvalue weighted by Gasteiger charge is -2.34. The number of unbranched alkanes of at least 4 members (excludes halogenated alkanes) is 6. The molecule has 0 fully saturated rings. The summed E-state index contributed by atoms with van der Waals surface area (Å²) in [5, 5.41) is 2.14. The summed E-state index contributed by atoms with van der Waals surface area (Å²) in [7, 11) is 0. The van der Waals surface area contributed by atoms with Gasteiger partial charge in [0.15, 0.2) is 11.8 Å². The van der Waals surface area contributed by atoms with Gasteiger partial charge in [-0.2, -0.15) is 0 Å². The summed E-state index contributed by atoms with van der Waals surface area (Å²) >= 11 is 7.21. The second-order valence-electron chi connectivity index (χ2n) is 11.7. The topological polar surface area (TPSA) is 43.2 Å². The molecule has 6 heteroatoms. The van der Waals surface area contributed by atoms with Crippen LogP contribution in [0.2, 0.25) is 0 Å². The Morgan fingerprint density at radius 1 is 0.615 bits per heavy atom. The van der Waals surface area contributed by atoms with E-state index in [4.69, 9.17) is 19.5 Å². The number of hydrogen-bond acceptors (Lipinski definition) is 4. The fraction of sp³-hybridized carbons (Fsp3) is 0.576. The second kappa shape index (κ2) is 12.5. The Labute approximate surface area is 250 Å². The molecule has 2 aromatic carbocycles. The Hall–Kier alpha value is -1.66. The predicted molar refractivity (Wildman–Crippen MR) is 167 cm³/mol. The molecule has 208 valence electrons. The Balaban J connectivity index is 1.33. The van der Waals surface area contributed by atoms with Crippen LogP contribution in [0.5, 0.6) is 0 Å². The van der Waals surface area contributed by atoms with E-state index in [0.29, 0.717) is 0 Å². The second-order valence-corrected chi connectivity index (χ2v) is 13.3. The maximum atomic E-state index is 6.87. The molecule has 0 N–H and O–H groups in total.